The molecule has 0 aromatic carbocycles. The second-order valence-corrected chi connectivity index (χ2v) is 2.71. The van der Waals surface area contributed by atoms with Gasteiger partial charge in [-0.1, -0.05) is 26.3 Å². The van der Waals surface area contributed by atoms with Gasteiger partial charge in [0.2, 0.25) is 0 Å². The third kappa shape index (κ3) is 79.3. The minimum absolute atomic E-state index is 0.176. The van der Waals surface area contributed by atoms with E-state index in [1.165, 1.54) is 6.92 Å². The summed E-state index contributed by atoms with van der Waals surface area (Å²) in [4.78, 5) is 37.3. The van der Waals surface area contributed by atoms with E-state index >= 15 is 0 Å². The average molecular weight is 302 g/mol. The molecule has 0 aromatic rings. The van der Waals surface area contributed by atoms with Crippen LogP contribution in [0.3, 0.4) is 0 Å². The highest BCUT2D eigenvalue weighted by molar-refractivity contribution is 5.84. The van der Waals surface area contributed by atoms with Crippen LogP contribution in [0.5, 0.6) is 0 Å². The van der Waals surface area contributed by atoms with Gasteiger partial charge in [0.05, 0.1) is 0 Å². The summed E-state index contributed by atoms with van der Waals surface area (Å²) in [6.45, 7) is 13.5. The van der Waals surface area contributed by atoms with E-state index in [0.29, 0.717) is 0 Å². The number of carboxylic acids is 4. The number of rotatable bonds is 4. The summed E-state index contributed by atoms with van der Waals surface area (Å²) in [7, 11) is 0. The van der Waals surface area contributed by atoms with Crippen LogP contribution in [0, 0.1) is 0 Å². The molecular formula is C13H18O8. The first-order valence-corrected chi connectivity index (χ1v) is 4.91. The first-order chi connectivity index (χ1) is 9.45. The highest BCUT2D eigenvalue weighted by Crippen LogP contribution is 1.81. The molecular weight excluding hydrogens is 284 g/mol. The lowest BCUT2D eigenvalue weighted by molar-refractivity contribution is -0.133. The van der Waals surface area contributed by atoms with E-state index in [9.17, 15) is 19.2 Å². The average Bonchev–Trinajstić information content (AvgIpc) is 2.40. The Hall–Kier alpha value is -3.16. The predicted molar refractivity (Wildman–Crippen MR) is 75.9 cm³/mol. The maximum absolute atomic E-state index is 9.60. The molecule has 8 nitrogen and oxygen atoms in total. The standard InChI is InChI=1S/C4H6O2.3C3H4O2/c1-3(2)4(5)6;3*1-2-3(4)5/h1H2,2H3,(H,5,6);3*2H,1H2,(H,4,5). The van der Waals surface area contributed by atoms with Crippen molar-refractivity contribution < 1.29 is 39.6 Å². The topological polar surface area (TPSA) is 149 Å². The summed E-state index contributed by atoms with van der Waals surface area (Å²) in [5.41, 5.74) is 0.176. The van der Waals surface area contributed by atoms with E-state index in [1.54, 1.807) is 0 Å². The number of hydrogen-bond donors (Lipinski definition) is 4. The molecule has 0 spiro atoms. The van der Waals surface area contributed by atoms with Crippen LogP contribution in [0.4, 0.5) is 0 Å². The Bertz CT molecular complexity index is 352. The van der Waals surface area contributed by atoms with E-state index in [-0.39, 0.29) is 5.57 Å². The molecule has 0 bridgehead atoms. The molecule has 0 aliphatic rings. The van der Waals surface area contributed by atoms with Crippen molar-refractivity contribution in [3.8, 4) is 0 Å². The Morgan fingerprint density at radius 2 is 0.810 bits per heavy atom. The van der Waals surface area contributed by atoms with Gasteiger partial charge in [0.15, 0.2) is 0 Å². The zero-order chi connectivity index (χ0) is 18.0. The Labute approximate surface area is 121 Å². The fourth-order valence-electron chi connectivity index (χ4n) is 0. The lowest BCUT2D eigenvalue weighted by Gasteiger charge is -1.79. The normalized spacial score (nSPS) is 6.71. The van der Waals surface area contributed by atoms with Crippen molar-refractivity contribution in [1.82, 2.24) is 0 Å². The van der Waals surface area contributed by atoms with Crippen LogP contribution in [0.25, 0.3) is 0 Å². The number of carbonyl (C=O) groups is 4. The van der Waals surface area contributed by atoms with Crippen molar-refractivity contribution in [3.63, 3.8) is 0 Å². The zero-order valence-electron chi connectivity index (χ0n) is 11.5. The molecule has 0 saturated carbocycles. The van der Waals surface area contributed by atoms with Gasteiger partial charge in [-0.05, 0) is 6.92 Å². The molecule has 4 N–H and O–H groups in total. The fourth-order valence-corrected chi connectivity index (χ4v) is 0. The first kappa shape index (κ1) is 26.4. The zero-order valence-corrected chi connectivity index (χ0v) is 11.5. The summed E-state index contributed by atoms with van der Waals surface area (Å²) in [5, 5.41) is 30.7. The molecule has 0 saturated heterocycles. The van der Waals surface area contributed by atoms with E-state index in [4.69, 9.17) is 20.4 Å². The molecule has 0 heterocycles. The number of aliphatic carboxylic acids is 4. The first-order valence-electron chi connectivity index (χ1n) is 4.91. The van der Waals surface area contributed by atoms with Crippen LogP contribution in [-0.2, 0) is 19.2 Å². The van der Waals surface area contributed by atoms with Gasteiger partial charge in [0, 0.05) is 23.8 Å². The number of hydrogen-bond acceptors (Lipinski definition) is 4. The van der Waals surface area contributed by atoms with Gasteiger partial charge in [-0.15, -0.1) is 0 Å². The molecule has 0 amide bonds. The van der Waals surface area contributed by atoms with Crippen molar-refractivity contribution in [3.05, 3.63) is 50.1 Å². The highest BCUT2D eigenvalue weighted by atomic mass is 16.4. The van der Waals surface area contributed by atoms with Crippen LogP contribution in [0.2, 0.25) is 0 Å². The minimum atomic E-state index is -0.981. The highest BCUT2D eigenvalue weighted by Gasteiger charge is 1.90. The molecule has 0 rings (SSSR count). The molecule has 118 valence electrons. The van der Waals surface area contributed by atoms with Gasteiger partial charge in [0.25, 0.3) is 0 Å². The molecule has 0 aromatic heterocycles. The molecule has 0 radical (unpaired) electrons. The molecule has 0 unspecified atom stereocenters. The van der Waals surface area contributed by atoms with Crippen molar-refractivity contribution in [2.75, 3.05) is 0 Å². The molecule has 0 fully saturated rings. The molecule has 8 heteroatoms. The van der Waals surface area contributed by atoms with Gasteiger partial charge in [0.1, 0.15) is 0 Å². The summed E-state index contributed by atoms with van der Waals surface area (Å²) in [5.74, 6) is -3.88. The Morgan fingerprint density at radius 3 is 0.810 bits per heavy atom. The Kier molecular flexibility index (Phi) is 24.1. The summed E-state index contributed by atoms with van der Waals surface area (Å²) < 4.78 is 0. The van der Waals surface area contributed by atoms with Crippen molar-refractivity contribution >= 4 is 23.9 Å². The van der Waals surface area contributed by atoms with Gasteiger partial charge in [-0.2, -0.15) is 0 Å². The van der Waals surface area contributed by atoms with Gasteiger partial charge >= 0.3 is 23.9 Å². The van der Waals surface area contributed by atoms with Crippen LogP contribution >= 0.6 is 0 Å². The van der Waals surface area contributed by atoms with Crippen LogP contribution in [-0.4, -0.2) is 44.3 Å². The molecule has 0 aliphatic carbocycles. The largest absolute Gasteiger partial charge is 0.478 e. The lowest BCUT2D eigenvalue weighted by Crippen LogP contribution is -1.92. The maximum Gasteiger partial charge on any atom is 0.330 e. The summed E-state index contributed by atoms with van der Waals surface area (Å²) in [6, 6.07) is 0. The second-order valence-electron chi connectivity index (χ2n) is 2.71. The summed E-state index contributed by atoms with van der Waals surface area (Å²) in [6.07, 6.45) is 2.50. The van der Waals surface area contributed by atoms with Gasteiger partial charge in [-0.25, -0.2) is 19.2 Å². The van der Waals surface area contributed by atoms with Gasteiger partial charge < -0.3 is 20.4 Å². The van der Waals surface area contributed by atoms with E-state index in [2.05, 4.69) is 26.3 Å². The van der Waals surface area contributed by atoms with Crippen LogP contribution in [0.15, 0.2) is 50.1 Å². The fraction of sp³-hybridized carbons (Fsp3) is 0.0769. The lowest BCUT2D eigenvalue weighted by atomic mass is 10.4. The van der Waals surface area contributed by atoms with Crippen LogP contribution < -0.4 is 0 Å². The van der Waals surface area contributed by atoms with Gasteiger partial charge in [-0.3, -0.25) is 0 Å². The smallest absolute Gasteiger partial charge is 0.330 e. The van der Waals surface area contributed by atoms with E-state index < -0.39 is 23.9 Å². The van der Waals surface area contributed by atoms with Crippen LogP contribution in [0.1, 0.15) is 6.92 Å². The maximum atomic E-state index is 9.60. The van der Waals surface area contributed by atoms with Crippen molar-refractivity contribution in [2.45, 2.75) is 6.92 Å². The Morgan fingerprint density at radius 1 is 0.714 bits per heavy atom. The molecule has 21 heavy (non-hydrogen) atoms. The quantitative estimate of drug-likeness (QED) is 0.569. The predicted octanol–water partition coefficient (Wildman–Crippen LogP) is 1.42. The second kappa shape index (κ2) is 19.2. The third-order valence-corrected chi connectivity index (χ3v) is 0.889. The number of carboxylic acid groups (broad SMARTS) is 4. The van der Waals surface area contributed by atoms with Crippen molar-refractivity contribution in [2.24, 2.45) is 0 Å². The third-order valence-electron chi connectivity index (χ3n) is 0.889. The van der Waals surface area contributed by atoms with Crippen molar-refractivity contribution in [1.29, 1.82) is 0 Å². The monoisotopic (exact) mass is 302 g/mol. The minimum Gasteiger partial charge on any atom is -0.478 e. The van der Waals surface area contributed by atoms with E-state index in [1.807, 2.05) is 0 Å². The SMILES string of the molecule is C=C(C)C(=O)O.C=CC(=O)O.C=CC(=O)O.C=CC(=O)O. The molecule has 0 aliphatic heterocycles. The molecule has 0 atom stereocenters. The van der Waals surface area contributed by atoms with E-state index in [0.717, 1.165) is 18.2 Å². The Balaban J connectivity index is -0.0000000921. The summed E-state index contributed by atoms with van der Waals surface area (Å²) >= 11 is 0.